The monoisotopic (exact) mass is 468 g/mol. The standard InChI is InChI=1S/C22H24N6O6/c29-21(25-23-15-17-7-5-9-19(13-17)27(31)32)11-3-1-2-4-12-22(30)26-24-16-18-8-6-10-20(14-18)28(33)34/h5-10,13-16H,1-4,11-12H2,(H,25,29)(H,26,30)/b23-15+,24-16+. The number of non-ortho nitro benzene ring substituents is 2. The van der Waals surface area contributed by atoms with Gasteiger partial charge in [-0.1, -0.05) is 37.1 Å². The number of hydrogen-bond acceptors (Lipinski definition) is 8. The molecule has 12 heteroatoms. The highest BCUT2D eigenvalue weighted by Gasteiger charge is 2.06. The van der Waals surface area contributed by atoms with E-state index in [9.17, 15) is 29.8 Å². The lowest BCUT2D eigenvalue weighted by Gasteiger charge is -2.02. The van der Waals surface area contributed by atoms with E-state index in [1.54, 1.807) is 12.1 Å². The molecule has 0 bridgehead atoms. The highest BCUT2D eigenvalue weighted by atomic mass is 16.6. The average molecular weight is 468 g/mol. The van der Waals surface area contributed by atoms with Crippen LogP contribution in [0.4, 0.5) is 11.4 Å². The molecular weight excluding hydrogens is 444 g/mol. The molecule has 0 saturated heterocycles. The van der Waals surface area contributed by atoms with E-state index in [1.807, 2.05) is 0 Å². The molecule has 2 rings (SSSR count). The van der Waals surface area contributed by atoms with Crippen LogP contribution in [0.1, 0.15) is 49.7 Å². The molecule has 34 heavy (non-hydrogen) atoms. The molecule has 2 aromatic carbocycles. The number of carbonyl (C=O) groups excluding carboxylic acids is 2. The van der Waals surface area contributed by atoms with Gasteiger partial charge < -0.3 is 0 Å². The molecule has 12 nitrogen and oxygen atoms in total. The van der Waals surface area contributed by atoms with Crippen LogP contribution in [-0.2, 0) is 9.59 Å². The van der Waals surface area contributed by atoms with E-state index in [0.717, 1.165) is 12.8 Å². The number of hydrogen-bond donors (Lipinski definition) is 2. The number of unbranched alkanes of at least 4 members (excludes halogenated alkanes) is 3. The minimum atomic E-state index is -0.507. The van der Waals surface area contributed by atoms with Crippen molar-refractivity contribution in [2.75, 3.05) is 0 Å². The van der Waals surface area contributed by atoms with Crippen molar-refractivity contribution < 1.29 is 19.4 Å². The van der Waals surface area contributed by atoms with Crippen molar-refractivity contribution in [2.45, 2.75) is 38.5 Å². The van der Waals surface area contributed by atoms with E-state index in [2.05, 4.69) is 21.1 Å². The van der Waals surface area contributed by atoms with Gasteiger partial charge in [0, 0.05) is 48.2 Å². The van der Waals surface area contributed by atoms with Gasteiger partial charge in [-0.3, -0.25) is 29.8 Å². The third-order valence-corrected chi connectivity index (χ3v) is 4.53. The average Bonchev–Trinajstić information content (AvgIpc) is 2.81. The highest BCUT2D eigenvalue weighted by molar-refractivity contribution is 5.83. The molecule has 0 heterocycles. The van der Waals surface area contributed by atoms with E-state index in [1.165, 1.54) is 48.8 Å². The van der Waals surface area contributed by atoms with Crippen LogP contribution >= 0.6 is 0 Å². The second-order valence-corrected chi connectivity index (χ2v) is 7.20. The number of hydrazone groups is 2. The summed E-state index contributed by atoms with van der Waals surface area (Å²) in [7, 11) is 0. The number of amides is 2. The van der Waals surface area contributed by atoms with E-state index in [-0.39, 0.29) is 36.0 Å². The van der Waals surface area contributed by atoms with Gasteiger partial charge in [0.25, 0.3) is 11.4 Å². The molecule has 2 N–H and O–H groups in total. The van der Waals surface area contributed by atoms with Gasteiger partial charge in [-0.25, -0.2) is 10.9 Å². The van der Waals surface area contributed by atoms with Crippen molar-refractivity contribution in [3.8, 4) is 0 Å². The van der Waals surface area contributed by atoms with Gasteiger partial charge >= 0.3 is 0 Å². The Labute approximate surface area is 195 Å². The zero-order chi connectivity index (χ0) is 24.8. The van der Waals surface area contributed by atoms with Gasteiger partial charge in [-0.2, -0.15) is 10.2 Å². The third kappa shape index (κ3) is 9.77. The predicted octanol–water partition coefficient (Wildman–Crippen LogP) is 3.44. The van der Waals surface area contributed by atoms with Crippen LogP contribution in [0.5, 0.6) is 0 Å². The third-order valence-electron chi connectivity index (χ3n) is 4.53. The first-order chi connectivity index (χ1) is 16.3. The summed E-state index contributed by atoms with van der Waals surface area (Å²) in [6.07, 6.45) is 5.99. The molecule has 0 aliphatic heterocycles. The molecule has 2 amide bonds. The molecule has 0 atom stereocenters. The summed E-state index contributed by atoms with van der Waals surface area (Å²) < 4.78 is 0. The number of rotatable bonds is 13. The fraction of sp³-hybridized carbons (Fsp3) is 0.273. The second-order valence-electron chi connectivity index (χ2n) is 7.20. The maximum atomic E-state index is 11.8. The lowest BCUT2D eigenvalue weighted by atomic mass is 10.1. The summed E-state index contributed by atoms with van der Waals surface area (Å²) in [6, 6.07) is 11.8. The smallest absolute Gasteiger partial charge is 0.270 e. The van der Waals surface area contributed by atoms with Crippen LogP contribution in [0.15, 0.2) is 58.7 Å². The van der Waals surface area contributed by atoms with Crippen molar-refractivity contribution in [3.05, 3.63) is 79.9 Å². The van der Waals surface area contributed by atoms with E-state index >= 15 is 0 Å². The SMILES string of the molecule is O=C(CCCCCCC(=O)N/N=C/c1cccc([N+](=O)[O-])c1)N/N=C/c1cccc([N+](=O)[O-])c1. The zero-order valence-electron chi connectivity index (χ0n) is 18.3. The van der Waals surface area contributed by atoms with Gasteiger partial charge in [-0.05, 0) is 12.8 Å². The first kappa shape index (κ1) is 25.8. The fourth-order valence-electron chi connectivity index (χ4n) is 2.83. The van der Waals surface area contributed by atoms with E-state index in [4.69, 9.17) is 0 Å². The van der Waals surface area contributed by atoms with Crippen molar-refractivity contribution in [3.63, 3.8) is 0 Å². The molecule has 0 aliphatic carbocycles. The Morgan fingerprint density at radius 3 is 1.53 bits per heavy atom. The molecule has 0 spiro atoms. The molecule has 0 radical (unpaired) electrons. The molecule has 0 unspecified atom stereocenters. The van der Waals surface area contributed by atoms with E-state index < -0.39 is 9.85 Å². The largest absolute Gasteiger partial charge is 0.273 e. The van der Waals surface area contributed by atoms with Crippen LogP contribution < -0.4 is 10.9 Å². The summed E-state index contributed by atoms with van der Waals surface area (Å²) in [5, 5.41) is 29.1. The molecular formula is C22H24N6O6. The van der Waals surface area contributed by atoms with Gasteiger partial charge in [0.15, 0.2) is 0 Å². The van der Waals surface area contributed by atoms with E-state index in [0.29, 0.717) is 24.0 Å². The number of benzene rings is 2. The van der Waals surface area contributed by atoms with Gasteiger partial charge in [0.1, 0.15) is 0 Å². The lowest BCUT2D eigenvalue weighted by Crippen LogP contribution is -2.17. The molecule has 0 aromatic heterocycles. The Hall–Kier alpha value is -4.48. The minimum Gasteiger partial charge on any atom is -0.273 e. The molecule has 0 aliphatic rings. The first-order valence-electron chi connectivity index (χ1n) is 10.5. The van der Waals surface area contributed by atoms with Crippen molar-refractivity contribution in [1.82, 2.24) is 10.9 Å². The van der Waals surface area contributed by atoms with Crippen molar-refractivity contribution in [2.24, 2.45) is 10.2 Å². The highest BCUT2D eigenvalue weighted by Crippen LogP contribution is 2.12. The van der Waals surface area contributed by atoms with Crippen LogP contribution in [0.2, 0.25) is 0 Å². The molecule has 178 valence electrons. The predicted molar refractivity (Wildman–Crippen MR) is 125 cm³/mol. The fourth-order valence-corrected chi connectivity index (χ4v) is 2.83. The molecule has 0 saturated carbocycles. The van der Waals surface area contributed by atoms with Crippen LogP contribution in [0, 0.1) is 20.2 Å². The number of nitro groups is 2. The minimum absolute atomic E-state index is 0.0572. The first-order valence-corrected chi connectivity index (χ1v) is 10.5. The summed E-state index contributed by atoms with van der Waals surface area (Å²) in [6.45, 7) is 0. The number of nitrogens with zero attached hydrogens (tertiary/aromatic N) is 4. The number of nitro benzene ring substituents is 2. The van der Waals surface area contributed by atoms with Gasteiger partial charge in [0.2, 0.25) is 11.8 Å². The zero-order valence-corrected chi connectivity index (χ0v) is 18.3. The van der Waals surface area contributed by atoms with Crippen molar-refractivity contribution >= 4 is 35.6 Å². The number of carbonyl (C=O) groups is 2. The second kappa shape index (κ2) is 13.8. The maximum Gasteiger partial charge on any atom is 0.270 e. The Balaban J connectivity index is 1.56. The lowest BCUT2D eigenvalue weighted by molar-refractivity contribution is -0.385. The topological polar surface area (TPSA) is 169 Å². The number of nitrogens with one attached hydrogen (secondary N) is 2. The van der Waals surface area contributed by atoms with Gasteiger partial charge in [-0.15, -0.1) is 0 Å². The quantitative estimate of drug-likeness (QED) is 0.197. The van der Waals surface area contributed by atoms with Crippen LogP contribution in [0.25, 0.3) is 0 Å². The van der Waals surface area contributed by atoms with Crippen molar-refractivity contribution in [1.29, 1.82) is 0 Å². The Bertz CT molecular complexity index is 1000. The Morgan fingerprint density at radius 2 is 1.15 bits per heavy atom. The molecule has 2 aromatic rings. The summed E-state index contributed by atoms with van der Waals surface area (Å²) in [4.78, 5) is 44.0. The maximum absolute atomic E-state index is 11.8. The van der Waals surface area contributed by atoms with Gasteiger partial charge in [0.05, 0.1) is 22.3 Å². The molecule has 0 fully saturated rings. The Morgan fingerprint density at radius 1 is 0.735 bits per heavy atom. The summed E-state index contributed by atoms with van der Waals surface area (Å²) in [5.74, 6) is -0.537. The van der Waals surface area contributed by atoms with Crippen LogP contribution in [0.3, 0.4) is 0 Å². The normalized spacial score (nSPS) is 10.9. The summed E-state index contributed by atoms with van der Waals surface area (Å²) in [5.41, 5.74) is 5.65. The summed E-state index contributed by atoms with van der Waals surface area (Å²) >= 11 is 0. The Kier molecular flexibility index (Phi) is 10.5. The van der Waals surface area contributed by atoms with Crippen LogP contribution in [-0.4, -0.2) is 34.1 Å².